The number of hydrogen-bond acceptors (Lipinski definition) is 5. The molecule has 1 fully saturated rings. The average molecular weight is 301 g/mol. The maximum absolute atomic E-state index is 11.3. The summed E-state index contributed by atoms with van der Waals surface area (Å²) in [6.07, 6.45) is 0.520. The highest BCUT2D eigenvalue weighted by Crippen LogP contribution is 2.30. The first-order valence-electron chi connectivity index (χ1n) is 6.41. The molecule has 2 rings (SSSR count). The molecule has 0 amide bonds. The predicted octanol–water partition coefficient (Wildman–Crippen LogP) is 2.10. The maximum atomic E-state index is 11.3. The summed E-state index contributed by atoms with van der Waals surface area (Å²) < 4.78 is 15.6. The van der Waals surface area contributed by atoms with Crippen molar-refractivity contribution in [2.24, 2.45) is 0 Å². The second-order valence-corrected chi connectivity index (χ2v) is 4.98. The Bertz CT molecular complexity index is 471. The van der Waals surface area contributed by atoms with Crippen LogP contribution >= 0.6 is 11.6 Å². The number of aliphatic hydroxyl groups is 1. The van der Waals surface area contributed by atoms with E-state index in [0.717, 1.165) is 19.4 Å². The van der Waals surface area contributed by atoms with Crippen LogP contribution in [0.3, 0.4) is 0 Å². The summed E-state index contributed by atoms with van der Waals surface area (Å²) in [5.41, 5.74) is 0.370. The van der Waals surface area contributed by atoms with Gasteiger partial charge in [0.25, 0.3) is 0 Å². The van der Waals surface area contributed by atoms with Crippen LogP contribution in [0.15, 0.2) is 18.2 Å². The van der Waals surface area contributed by atoms with Crippen molar-refractivity contribution in [3.05, 3.63) is 28.8 Å². The number of carbonyl (C=O) groups excluding carboxylic acids is 1. The molecule has 2 unspecified atom stereocenters. The minimum Gasteiger partial charge on any atom is -0.486 e. The fourth-order valence-corrected chi connectivity index (χ4v) is 2.25. The van der Waals surface area contributed by atoms with Crippen molar-refractivity contribution in [3.63, 3.8) is 0 Å². The molecule has 1 saturated heterocycles. The molecule has 0 aromatic heterocycles. The smallest absolute Gasteiger partial charge is 0.339 e. The van der Waals surface area contributed by atoms with Crippen LogP contribution < -0.4 is 4.74 Å². The van der Waals surface area contributed by atoms with Crippen molar-refractivity contribution < 1.29 is 24.1 Å². The highest BCUT2D eigenvalue weighted by Gasteiger charge is 2.21. The van der Waals surface area contributed by atoms with Gasteiger partial charge in [-0.3, -0.25) is 0 Å². The van der Waals surface area contributed by atoms with Crippen LogP contribution in [0.5, 0.6) is 5.75 Å². The number of halogens is 1. The van der Waals surface area contributed by atoms with Gasteiger partial charge in [-0.25, -0.2) is 4.79 Å². The Balaban J connectivity index is 2.07. The van der Waals surface area contributed by atoms with Gasteiger partial charge in [0.05, 0.1) is 18.7 Å². The number of benzene rings is 1. The van der Waals surface area contributed by atoms with Crippen molar-refractivity contribution in [2.75, 3.05) is 20.3 Å². The first kappa shape index (κ1) is 15.1. The largest absolute Gasteiger partial charge is 0.486 e. The molecule has 1 N–H and O–H groups in total. The van der Waals surface area contributed by atoms with Crippen LogP contribution in [-0.2, 0) is 14.3 Å². The monoisotopic (exact) mass is 300 g/mol. The molecule has 0 bridgehead atoms. The Kier molecular flexibility index (Phi) is 5.23. The van der Waals surface area contributed by atoms with Crippen LogP contribution in [-0.4, -0.2) is 37.5 Å². The van der Waals surface area contributed by atoms with Crippen molar-refractivity contribution in [1.29, 1.82) is 0 Å². The number of methoxy groups -OCH3 is 1. The predicted molar refractivity (Wildman–Crippen MR) is 72.9 cm³/mol. The summed E-state index contributed by atoms with van der Waals surface area (Å²) in [5.74, 6) is -0.210. The zero-order chi connectivity index (χ0) is 14.5. The third-order valence-corrected chi connectivity index (χ3v) is 3.40. The number of aliphatic hydroxyl groups excluding tert-OH is 1. The Morgan fingerprint density at radius 1 is 1.55 bits per heavy atom. The first-order valence-corrected chi connectivity index (χ1v) is 6.79. The molecule has 5 nitrogen and oxygen atoms in total. The van der Waals surface area contributed by atoms with E-state index in [0.29, 0.717) is 22.9 Å². The zero-order valence-electron chi connectivity index (χ0n) is 11.2. The van der Waals surface area contributed by atoms with Gasteiger partial charge in [0.1, 0.15) is 11.9 Å². The molecule has 0 spiro atoms. The quantitative estimate of drug-likeness (QED) is 0.863. The second kappa shape index (κ2) is 6.92. The van der Waals surface area contributed by atoms with E-state index in [4.69, 9.17) is 21.1 Å². The van der Waals surface area contributed by atoms with E-state index in [9.17, 15) is 9.90 Å². The van der Waals surface area contributed by atoms with Crippen LogP contribution in [0.4, 0.5) is 0 Å². The lowest BCUT2D eigenvalue weighted by Gasteiger charge is -2.24. The number of ether oxygens (including phenoxy) is 3. The molecule has 20 heavy (non-hydrogen) atoms. The van der Waals surface area contributed by atoms with Crippen LogP contribution in [0.2, 0.25) is 5.02 Å². The second-order valence-electron chi connectivity index (χ2n) is 4.57. The van der Waals surface area contributed by atoms with Gasteiger partial charge in [-0.2, -0.15) is 0 Å². The minimum absolute atomic E-state index is 0.0161. The molecule has 0 radical (unpaired) electrons. The molecule has 2 atom stereocenters. The van der Waals surface area contributed by atoms with Crippen LogP contribution in [0.1, 0.15) is 24.5 Å². The Hall–Kier alpha value is -1.30. The highest BCUT2D eigenvalue weighted by molar-refractivity contribution is 6.32. The van der Waals surface area contributed by atoms with Crippen molar-refractivity contribution in [2.45, 2.75) is 25.0 Å². The lowest BCUT2D eigenvalue weighted by molar-refractivity contribution is -0.150. The van der Waals surface area contributed by atoms with E-state index in [2.05, 4.69) is 4.74 Å². The number of rotatable bonds is 4. The Morgan fingerprint density at radius 2 is 2.35 bits per heavy atom. The van der Waals surface area contributed by atoms with E-state index in [1.807, 2.05) is 0 Å². The minimum atomic E-state index is -1.34. The number of esters is 1. The molecule has 0 saturated carbocycles. The van der Waals surface area contributed by atoms with Crippen LogP contribution in [0, 0.1) is 0 Å². The summed E-state index contributed by atoms with van der Waals surface area (Å²) in [4.78, 5) is 11.3. The molecular formula is C14H17ClO5. The molecule has 1 aliphatic rings. The molecule has 1 heterocycles. The van der Waals surface area contributed by atoms with Gasteiger partial charge >= 0.3 is 5.97 Å². The van der Waals surface area contributed by atoms with E-state index < -0.39 is 12.1 Å². The van der Waals surface area contributed by atoms with Crippen molar-refractivity contribution in [3.8, 4) is 5.75 Å². The molecule has 6 heteroatoms. The molecular weight excluding hydrogens is 284 g/mol. The molecule has 1 aromatic carbocycles. The first-order chi connectivity index (χ1) is 9.61. The van der Waals surface area contributed by atoms with Gasteiger partial charge < -0.3 is 19.3 Å². The summed E-state index contributed by atoms with van der Waals surface area (Å²) in [6.45, 7) is 1.31. The van der Waals surface area contributed by atoms with Crippen LogP contribution in [0.25, 0.3) is 0 Å². The molecule has 1 aromatic rings. The van der Waals surface area contributed by atoms with E-state index >= 15 is 0 Å². The van der Waals surface area contributed by atoms with E-state index in [1.165, 1.54) is 13.2 Å². The van der Waals surface area contributed by atoms with E-state index in [1.54, 1.807) is 12.1 Å². The maximum Gasteiger partial charge on any atom is 0.339 e. The van der Waals surface area contributed by atoms with Gasteiger partial charge in [-0.15, -0.1) is 0 Å². The van der Waals surface area contributed by atoms with Gasteiger partial charge in [0, 0.05) is 6.61 Å². The highest BCUT2D eigenvalue weighted by atomic mass is 35.5. The SMILES string of the molecule is COC(=O)C(O)c1ccc(OC2CCCOC2)c(Cl)c1. The zero-order valence-corrected chi connectivity index (χ0v) is 11.9. The van der Waals surface area contributed by atoms with Gasteiger partial charge in [-0.1, -0.05) is 17.7 Å². The average Bonchev–Trinajstić information content (AvgIpc) is 2.48. The summed E-state index contributed by atoms with van der Waals surface area (Å²) in [7, 11) is 1.22. The summed E-state index contributed by atoms with van der Waals surface area (Å²) in [5, 5.41) is 10.1. The Labute approximate surface area is 122 Å². The molecule has 110 valence electrons. The third kappa shape index (κ3) is 3.62. The van der Waals surface area contributed by atoms with Gasteiger partial charge in [0.15, 0.2) is 6.10 Å². The van der Waals surface area contributed by atoms with Gasteiger partial charge in [0.2, 0.25) is 0 Å². The lowest BCUT2D eigenvalue weighted by Crippen LogP contribution is -2.28. The third-order valence-electron chi connectivity index (χ3n) is 3.11. The van der Waals surface area contributed by atoms with Gasteiger partial charge in [-0.05, 0) is 30.5 Å². The normalized spacial score (nSPS) is 20.2. The number of hydrogen-bond donors (Lipinski definition) is 1. The summed E-state index contributed by atoms with van der Waals surface area (Å²) in [6, 6.07) is 4.73. The lowest BCUT2D eigenvalue weighted by atomic mass is 10.1. The standard InChI is InChI=1S/C14H17ClO5/c1-18-14(17)13(16)9-4-5-12(11(15)7-9)20-10-3-2-6-19-8-10/h4-5,7,10,13,16H,2-3,6,8H2,1H3. The number of carbonyl (C=O) groups is 1. The van der Waals surface area contributed by atoms with Crippen molar-refractivity contribution in [1.82, 2.24) is 0 Å². The van der Waals surface area contributed by atoms with E-state index in [-0.39, 0.29) is 6.10 Å². The molecule has 1 aliphatic heterocycles. The summed E-state index contributed by atoms with van der Waals surface area (Å²) >= 11 is 6.11. The topological polar surface area (TPSA) is 65.0 Å². The van der Waals surface area contributed by atoms with Crippen molar-refractivity contribution >= 4 is 17.6 Å². The fourth-order valence-electron chi connectivity index (χ4n) is 2.01. The molecule has 0 aliphatic carbocycles. The fraction of sp³-hybridized carbons (Fsp3) is 0.500. The Morgan fingerprint density at radius 3 is 2.95 bits per heavy atom.